The van der Waals surface area contributed by atoms with Crippen molar-refractivity contribution in [3.63, 3.8) is 0 Å². The molecule has 0 saturated carbocycles. The monoisotopic (exact) mass is 216 g/mol. The lowest BCUT2D eigenvalue weighted by Gasteiger charge is -2.30. The zero-order valence-electron chi connectivity index (χ0n) is 6.89. The van der Waals surface area contributed by atoms with Crippen LogP contribution in [-0.4, -0.2) is 48.1 Å². The van der Waals surface area contributed by atoms with Crippen LogP contribution in [0.5, 0.6) is 0 Å². The molecule has 1 atom stereocenters. The van der Waals surface area contributed by atoms with Gasteiger partial charge < -0.3 is 9.79 Å². The van der Waals surface area contributed by atoms with Crippen molar-refractivity contribution >= 4 is 20.7 Å². The normalized spacial score (nSPS) is 23.2. The van der Waals surface area contributed by atoms with Gasteiger partial charge in [-0.25, -0.2) is 4.62 Å². The highest BCUT2D eigenvalue weighted by atomic mass is 35.5. The van der Waals surface area contributed by atoms with Crippen molar-refractivity contribution < 1.29 is 14.1 Å². The molecule has 1 rings (SSSR count). The van der Waals surface area contributed by atoms with E-state index in [1.807, 2.05) is 7.05 Å². The van der Waals surface area contributed by atoms with E-state index in [0.717, 1.165) is 13.1 Å². The van der Waals surface area contributed by atoms with Crippen LogP contribution in [0.2, 0.25) is 0 Å². The van der Waals surface area contributed by atoms with Crippen LogP contribution in [0.3, 0.4) is 0 Å². The maximum absolute atomic E-state index is 10.3. The summed E-state index contributed by atoms with van der Waals surface area (Å²) in [5.41, 5.74) is 0. The predicted octanol–water partition coefficient (Wildman–Crippen LogP) is -0.0308. The zero-order chi connectivity index (χ0) is 8.27. The second kappa shape index (κ2) is 5.91. The quantitative estimate of drug-likeness (QED) is 0.657. The Labute approximate surface area is 78.6 Å². The van der Waals surface area contributed by atoms with Crippen molar-refractivity contribution in [2.75, 3.05) is 33.2 Å². The standard InChI is InChI=1S/C5H13N2O3P.ClH/c1-6-2-4-7(5-3-6)10-11(8)9;/h11H,2-5H2,1H3,(H,8,9);1H. The van der Waals surface area contributed by atoms with Crippen molar-refractivity contribution in [1.29, 1.82) is 0 Å². The van der Waals surface area contributed by atoms with Gasteiger partial charge in [-0.15, -0.1) is 12.4 Å². The van der Waals surface area contributed by atoms with E-state index in [9.17, 15) is 4.57 Å². The molecule has 7 heteroatoms. The second-order valence-corrected chi connectivity index (χ2v) is 3.30. The van der Waals surface area contributed by atoms with Gasteiger partial charge >= 0.3 is 8.25 Å². The molecular formula is C5H14ClN2O3P. The number of halogens is 1. The molecule has 1 N–H and O–H groups in total. The third kappa shape index (κ3) is 4.40. The summed E-state index contributed by atoms with van der Waals surface area (Å²) >= 11 is 0. The highest BCUT2D eigenvalue weighted by molar-refractivity contribution is 7.32. The smallest absolute Gasteiger partial charge is 0.325 e. The van der Waals surface area contributed by atoms with E-state index in [4.69, 9.17) is 4.89 Å². The first-order valence-corrected chi connectivity index (χ1v) is 4.79. The van der Waals surface area contributed by atoms with Crippen molar-refractivity contribution in [1.82, 2.24) is 9.96 Å². The lowest BCUT2D eigenvalue weighted by Crippen LogP contribution is -2.43. The number of hydrogen-bond donors (Lipinski definition) is 1. The summed E-state index contributed by atoms with van der Waals surface area (Å²) in [6, 6.07) is 0. The van der Waals surface area contributed by atoms with Gasteiger partial charge in [-0.05, 0) is 7.05 Å². The fourth-order valence-corrected chi connectivity index (χ4v) is 1.39. The molecule has 0 aliphatic carbocycles. The van der Waals surface area contributed by atoms with E-state index in [1.165, 1.54) is 0 Å². The number of likely N-dealkylation sites (N-methyl/N-ethyl adjacent to an activating group) is 1. The van der Waals surface area contributed by atoms with Gasteiger partial charge in [0.25, 0.3) is 0 Å². The highest BCUT2D eigenvalue weighted by Gasteiger charge is 2.15. The van der Waals surface area contributed by atoms with E-state index in [2.05, 4.69) is 9.52 Å². The van der Waals surface area contributed by atoms with Gasteiger partial charge in [0.2, 0.25) is 0 Å². The summed E-state index contributed by atoms with van der Waals surface area (Å²) in [6.07, 6.45) is 0. The van der Waals surface area contributed by atoms with Crippen LogP contribution in [-0.2, 0) is 9.19 Å². The van der Waals surface area contributed by atoms with E-state index < -0.39 is 8.25 Å². The molecule has 1 fully saturated rings. The molecule has 74 valence electrons. The van der Waals surface area contributed by atoms with E-state index in [-0.39, 0.29) is 12.4 Å². The molecule has 0 aromatic carbocycles. The van der Waals surface area contributed by atoms with Gasteiger partial charge in [0, 0.05) is 26.2 Å². The topological polar surface area (TPSA) is 53.0 Å². The molecular weight excluding hydrogens is 202 g/mol. The Balaban J connectivity index is 0.00000121. The van der Waals surface area contributed by atoms with Crippen LogP contribution in [0, 0.1) is 0 Å². The molecule has 1 aliphatic rings. The molecule has 1 aliphatic heterocycles. The van der Waals surface area contributed by atoms with Crippen LogP contribution in [0.25, 0.3) is 0 Å². The molecule has 1 saturated heterocycles. The molecule has 0 aromatic heterocycles. The van der Waals surface area contributed by atoms with Gasteiger partial charge in [0.15, 0.2) is 0 Å². The second-order valence-electron chi connectivity index (χ2n) is 2.59. The predicted molar refractivity (Wildman–Crippen MR) is 48.6 cm³/mol. The molecule has 0 bridgehead atoms. The molecule has 12 heavy (non-hydrogen) atoms. The largest absolute Gasteiger partial charge is 0.333 e. The fourth-order valence-electron chi connectivity index (χ4n) is 0.990. The summed E-state index contributed by atoms with van der Waals surface area (Å²) in [4.78, 5) is 10.6. The third-order valence-electron chi connectivity index (χ3n) is 1.67. The van der Waals surface area contributed by atoms with Crippen molar-refractivity contribution in [3.8, 4) is 0 Å². The van der Waals surface area contributed by atoms with E-state index in [0.29, 0.717) is 13.1 Å². The van der Waals surface area contributed by atoms with Crippen LogP contribution < -0.4 is 0 Å². The van der Waals surface area contributed by atoms with Crippen LogP contribution in [0.1, 0.15) is 0 Å². The lowest BCUT2D eigenvalue weighted by atomic mass is 10.4. The first-order valence-electron chi connectivity index (χ1n) is 3.53. The molecule has 0 radical (unpaired) electrons. The third-order valence-corrected chi connectivity index (χ3v) is 2.08. The van der Waals surface area contributed by atoms with Crippen LogP contribution in [0.15, 0.2) is 0 Å². The van der Waals surface area contributed by atoms with Crippen molar-refractivity contribution in [2.24, 2.45) is 0 Å². The molecule has 5 nitrogen and oxygen atoms in total. The fraction of sp³-hybridized carbons (Fsp3) is 1.00. The van der Waals surface area contributed by atoms with Crippen molar-refractivity contribution in [2.45, 2.75) is 0 Å². The van der Waals surface area contributed by atoms with Gasteiger partial charge in [0.1, 0.15) is 0 Å². The highest BCUT2D eigenvalue weighted by Crippen LogP contribution is 2.18. The Morgan fingerprint density at radius 2 is 1.83 bits per heavy atom. The Hall–Kier alpha value is 0.360. The summed E-state index contributed by atoms with van der Waals surface area (Å²) in [6.45, 7) is 3.17. The summed E-state index contributed by atoms with van der Waals surface area (Å²) in [5.74, 6) is 0. The number of piperazine rings is 1. The number of nitrogens with zero attached hydrogens (tertiary/aromatic N) is 2. The Bertz CT molecular complexity index is 152. The Morgan fingerprint density at radius 3 is 2.25 bits per heavy atom. The SMILES string of the molecule is CN1CCN(O[PH](=O)O)CC1.Cl. The lowest BCUT2D eigenvalue weighted by molar-refractivity contribution is -0.0860. The van der Waals surface area contributed by atoms with E-state index in [1.54, 1.807) is 5.06 Å². The minimum atomic E-state index is -2.79. The average Bonchev–Trinajstić information content (AvgIpc) is 1.93. The summed E-state index contributed by atoms with van der Waals surface area (Å²) in [5, 5.41) is 1.54. The first kappa shape index (κ1) is 12.4. The van der Waals surface area contributed by atoms with E-state index >= 15 is 0 Å². The molecule has 0 amide bonds. The minimum Gasteiger partial charge on any atom is -0.325 e. The number of hydrogen-bond acceptors (Lipinski definition) is 4. The van der Waals surface area contributed by atoms with Crippen LogP contribution >= 0.6 is 20.7 Å². The maximum Gasteiger partial charge on any atom is 0.333 e. The van der Waals surface area contributed by atoms with Crippen LogP contribution in [0.4, 0.5) is 0 Å². The number of hydroxylamine groups is 2. The number of rotatable bonds is 2. The first-order chi connectivity index (χ1) is 5.18. The summed E-state index contributed by atoms with van der Waals surface area (Å²) in [7, 11) is -0.780. The van der Waals surface area contributed by atoms with Gasteiger partial charge in [-0.3, -0.25) is 4.57 Å². The minimum absolute atomic E-state index is 0. The van der Waals surface area contributed by atoms with Crippen molar-refractivity contribution in [3.05, 3.63) is 0 Å². The Kier molecular flexibility index (Phi) is 6.09. The maximum atomic E-state index is 10.3. The summed E-state index contributed by atoms with van der Waals surface area (Å²) < 4.78 is 14.9. The molecule has 1 unspecified atom stereocenters. The molecule has 1 heterocycles. The molecule has 0 aromatic rings. The molecule has 0 spiro atoms. The Morgan fingerprint density at radius 1 is 1.33 bits per heavy atom. The average molecular weight is 217 g/mol. The van der Waals surface area contributed by atoms with Gasteiger partial charge in [0.05, 0.1) is 0 Å². The van der Waals surface area contributed by atoms with Gasteiger partial charge in [-0.1, -0.05) is 0 Å². The van der Waals surface area contributed by atoms with Gasteiger partial charge in [-0.2, -0.15) is 5.06 Å². The zero-order valence-corrected chi connectivity index (χ0v) is 8.71.